The summed E-state index contributed by atoms with van der Waals surface area (Å²) in [5.74, 6) is 7.29. The van der Waals surface area contributed by atoms with E-state index in [1.54, 1.807) is 19.2 Å². The van der Waals surface area contributed by atoms with Crippen LogP contribution in [0.3, 0.4) is 0 Å². The van der Waals surface area contributed by atoms with Gasteiger partial charge >= 0.3 is 0 Å². The van der Waals surface area contributed by atoms with Gasteiger partial charge in [-0.25, -0.2) is 0 Å². The van der Waals surface area contributed by atoms with E-state index in [2.05, 4.69) is 43.2 Å². The molecule has 140 valence electrons. The molecular formula is C22H24N2O3. The summed E-state index contributed by atoms with van der Waals surface area (Å²) in [6.07, 6.45) is 0. The van der Waals surface area contributed by atoms with Crippen LogP contribution in [0.4, 0.5) is 11.4 Å². The van der Waals surface area contributed by atoms with Crippen molar-refractivity contribution in [2.24, 2.45) is 5.41 Å². The predicted octanol–water partition coefficient (Wildman–Crippen LogP) is 4.15. The van der Waals surface area contributed by atoms with E-state index in [4.69, 9.17) is 9.47 Å². The van der Waals surface area contributed by atoms with E-state index in [-0.39, 0.29) is 11.3 Å². The minimum atomic E-state index is -0.245. The third kappa shape index (κ3) is 4.73. The highest BCUT2D eigenvalue weighted by molar-refractivity contribution is 6.06. The van der Waals surface area contributed by atoms with Crippen LogP contribution in [0.1, 0.15) is 36.7 Å². The van der Waals surface area contributed by atoms with Crippen LogP contribution in [-0.2, 0) is 0 Å². The summed E-state index contributed by atoms with van der Waals surface area (Å²) in [5.41, 5.74) is 2.77. The van der Waals surface area contributed by atoms with Gasteiger partial charge < -0.3 is 20.1 Å². The molecule has 2 N–H and O–H groups in total. The quantitative estimate of drug-likeness (QED) is 0.804. The Morgan fingerprint density at radius 1 is 1.22 bits per heavy atom. The Hall–Kier alpha value is -3.13. The maximum atomic E-state index is 12.7. The molecule has 1 heterocycles. The number of rotatable bonds is 3. The lowest BCUT2D eigenvalue weighted by atomic mass is 9.97. The van der Waals surface area contributed by atoms with Crippen LogP contribution in [0.5, 0.6) is 11.5 Å². The number of ether oxygens (including phenoxy) is 2. The zero-order chi connectivity index (χ0) is 19.4. The molecule has 1 aliphatic rings. The van der Waals surface area contributed by atoms with Crippen LogP contribution in [0.25, 0.3) is 0 Å². The van der Waals surface area contributed by atoms with Crippen molar-refractivity contribution in [3.8, 4) is 23.3 Å². The summed E-state index contributed by atoms with van der Waals surface area (Å²) < 4.78 is 11.0. The Labute approximate surface area is 160 Å². The number of methoxy groups -OCH3 is 1. The number of hydrogen-bond acceptors (Lipinski definition) is 4. The molecule has 0 radical (unpaired) electrons. The Balaban J connectivity index is 1.81. The van der Waals surface area contributed by atoms with Crippen molar-refractivity contribution in [2.75, 3.05) is 30.9 Å². The zero-order valence-electron chi connectivity index (χ0n) is 16.1. The van der Waals surface area contributed by atoms with Crippen molar-refractivity contribution >= 4 is 17.3 Å². The minimum Gasteiger partial charge on any atom is -0.496 e. The molecule has 27 heavy (non-hydrogen) atoms. The largest absolute Gasteiger partial charge is 0.496 e. The summed E-state index contributed by atoms with van der Waals surface area (Å²) >= 11 is 0. The number of hydrogen-bond donors (Lipinski definition) is 2. The summed E-state index contributed by atoms with van der Waals surface area (Å²) in [5, 5.41) is 6.15. The maximum absolute atomic E-state index is 12.7. The van der Waals surface area contributed by atoms with Gasteiger partial charge in [0.1, 0.15) is 18.1 Å². The molecule has 5 heteroatoms. The highest BCUT2D eigenvalue weighted by atomic mass is 16.5. The molecule has 0 fully saturated rings. The second-order valence-corrected chi connectivity index (χ2v) is 7.36. The summed E-state index contributed by atoms with van der Waals surface area (Å²) in [6, 6.07) is 10.9. The number of amides is 1. The van der Waals surface area contributed by atoms with Crippen molar-refractivity contribution in [2.45, 2.75) is 20.8 Å². The molecule has 2 aromatic carbocycles. The van der Waals surface area contributed by atoms with Crippen LogP contribution in [0.2, 0.25) is 0 Å². The van der Waals surface area contributed by atoms with Gasteiger partial charge in [0.2, 0.25) is 0 Å². The van der Waals surface area contributed by atoms with Gasteiger partial charge in [0.25, 0.3) is 5.91 Å². The van der Waals surface area contributed by atoms with Crippen LogP contribution in [0, 0.1) is 17.3 Å². The first kappa shape index (κ1) is 18.7. The lowest BCUT2D eigenvalue weighted by Gasteiger charge is -2.20. The first-order valence-corrected chi connectivity index (χ1v) is 8.89. The van der Waals surface area contributed by atoms with Gasteiger partial charge in [-0.15, -0.1) is 0 Å². The molecule has 0 aromatic heterocycles. The highest BCUT2D eigenvalue weighted by Crippen LogP contribution is 2.31. The smallest absolute Gasteiger partial charge is 0.259 e. The average molecular weight is 364 g/mol. The van der Waals surface area contributed by atoms with Crippen molar-refractivity contribution in [3.63, 3.8) is 0 Å². The average Bonchev–Trinajstić information content (AvgIpc) is 2.65. The molecule has 3 rings (SSSR count). The van der Waals surface area contributed by atoms with E-state index in [1.165, 1.54) is 0 Å². The third-order valence-corrected chi connectivity index (χ3v) is 3.94. The maximum Gasteiger partial charge on any atom is 0.259 e. The van der Waals surface area contributed by atoms with Gasteiger partial charge in [-0.2, -0.15) is 0 Å². The molecule has 0 aliphatic carbocycles. The van der Waals surface area contributed by atoms with Crippen LogP contribution < -0.4 is 20.1 Å². The van der Waals surface area contributed by atoms with Crippen molar-refractivity contribution in [1.29, 1.82) is 0 Å². The van der Waals surface area contributed by atoms with E-state index in [0.717, 1.165) is 23.5 Å². The summed E-state index contributed by atoms with van der Waals surface area (Å²) in [4.78, 5) is 12.7. The van der Waals surface area contributed by atoms with E-state index in [0.29, 0.717) is 23.6 Å². The molecule has 1 aliphatic heterocycles. The van der Waals surface area contributed by atoms with Gasteiger partial charge in [0, 0.05) is 29.3 Å². The molecule has 0 spiro atoms. The number of carbonyl (C=O) groups excluding carboxylic acids is 1. The fraction of sp³-hybridized carbons (Fsp3) is 0.318. The molecule has 5 nitrogen and oxygen atoms in total. The molecule has 0 unspecified atom stereocenters. The lowest BCUT2D eigenvalue weighted by Crippen LogP contribution is -2.18. The fourth-order valence-corrected chi connectivity index (χ4v) is 2.63. The Morgan fingerprint density at radius 2 is 2.04 bits per heavy atom. The second kappa shape index (κ2) is 7.63. The summed E-state index contributed by atoms with van der Waals surface area (Å²) in [7, 11) is 1.55. The Bertz CT molecular complexity index is 917. The third-order valence-electron chi connectivity index (χ3n) is 3.94. The van der Waals surface area contributed by atoms with Crippen LogP contribution in [0.15, 0.2) is 36.4 Å². The number of fused-ring (bicyclic) bond motifs is 1. The first-order chi connectivity index (χ1) is 12.9. The van der Waals surface area contributed by atoms with Gasteiger partial charge in [0.05, 0.1) is 18.4 Å². The van der Waals surface area contributed by atoms with Gasteiger partial charge in [-0.05, 0) is 51.1 Å². The molecule has 0 atom stereocenters. The van der Waals surface area contributed by atoms with Crippen molar-refractivity contribution in [3.05, 3.63) is 47.5 Å². The predicted molar refractivity (Wildman–Crippen MR) is 108 cm³/mol. The SMILES string of the molecule is COc1cc(C#CC(C)(C)C)ccc1C(=O)Nc1ccc2c(c1)OCCN2. The van der Waals surface area contributed by atoms with Crippen LogP contribution in [-0.4, -0.2) is 26.2 Å². The van der Waals surface area contributed by atoms with Crippen molar-refractivity contribution < 1.29 is 14.3 Å². The lowest BCUT2D eigenvalue weighted by molar-refractivity contribution is 0.102. The van der Waals surface area contributed by atoms with E-state index >= 15 is 0 Å². The second-order valence-electron chi connectivity index (χ2n) is 7.36. The number of benzene rings is 2. The first-order valence-electron chi connectivity index (χ1n) is 8.89. The van der Waals surface area contributed by atoms with Gasteiger partial charge in [-0.1, -0.05) is 11.8 Å². The zero-order valence-corrected chi connectivity index (χ0v) is 16.1. The normalized spacial score (nSPS) is 12.6. The molecule has 1 amide bonds. The fourth-order valence-electron chi connectivity index (χ4n) is 2.63. The van der Waals surface area contributed by atoms with E-state index < -0.39 is 0 Å². The van der Waals surface area contributed by atoms with Gasteiger partial charge in [0.15, 0.2) is 0 Å². The molecule has 0 bridgehead atoms. The van der Waals surface area contributed by atoms with E-state index in [9.17, 15) is 4.79 Å². The molecule has 0 saturated heterocycles. The minimum absolute atomic E-state index is 0.0906. The monoisotopic (exact) mass is 364 g/mol. The van der Waals surface area contributed by atoms with E-state index in [1.807, 2.05) is 24.3 Å². The standard InChI is InChI=1S/C22H24N2O3/c1-22(2,3)10-9-15-5-7-17(19(13-15)26-4)21(25)24-16-6-8-18-20(14-16)27-12-11-23-18/h5-8,13-14,23H,11-12H2,1-4H3,(H,24,25). The number of nitrogens with one attached hydrogen (secondary N) is 2. The molecule has 0 saturated carbocycles. The van der Waals surface area contributed by atoms with Gasteiger partial charge in [-0.3, -0.25) is 4.79 Å². The molecule has 2 aromatic rings. The number of carbonyl (C=O) groups is 1. The van der Waals surface area contributed by atoms with Crippen molar-refractivity contribution in [1.82, 2.24) is 0 Å². The highest BCUT2D eigenvalue weighted by Gasteiger charge is 2.15. The number of anilines is 2. The molecular weight excluding hydrogens is 340 g/mol. The topological polar surface area (TPSA) is 59.6 Å². The summed E-state index contributed by atoms with van der Waals surface area (Å²) in [6.45, 7) is 7.54. The van der Waals surface area contributed by atoms with Crippen LogP contribution >= 0.6 is 0 Å². The Morgan fingerprint density at radius 3 is 2.78 bits per heavy atom. The Kier molecular flexibility index (Phi) is 5.27.